The van der Waals surface area contributed by atoms with Gasteiger partial charge in [0, 0.05) is 33.3 Å². The molecule has 0 spiro atoms. The van der Waals surface area contributed by atoms with Gasteiger partial charge in [0.25, 0.3) is 5.91 Å². The average molecular weight is 394 g/mol. The molecule has 28 heavy (non-hydrogen) atoms. The molecule has 0 aliphatic heterocycles. The van der Waals surface area contributed by atoms with Crippen molar-refractivity contribution in [1.29, 1.82) is 0 Å². The van der Waals surface area contributed by atoms with Crippen LogP contribution in [0, 0.1) is 0 Å². The van der Waals surface area contributed by atoms with E-state index in [4.69, 9.17) is 4.74 Å². The van der Waals surface area contributed by atoms with Crippen molar-refractivity contribution < 1.29 is 22.7 Å². The minimum absolute atomic E-state index is 0.101. The molecule has 4 nitrogen and oxygen atoms in total. The van der Waals surface area contributed by atoms with Gasteiger partial charge in [0.05, 0.1) is 18.2 Å². The summed E-state index contributed by atoms with van der Waals surface area (Å²) in [5.41, 5.74) is 1.30. The van der Waals surface area contributed by atoms with Crippen LogP contribution in [0.2, 0.25) is 0 Å². The summed E-state index contributed by atoms with van der Waals surface area (Å²) in [5, 5.41) is 0. The average Bonchev–Trinajstić information content (AvgIpc) is 2.65. The van der Waals surface area contributed by atoms with Crippen LogP contribution in [0.3, 0.4) is 0 Å². The first-order chi connectivity index (χ1) is 13.1. The molecule has 0 saturated heterocycles. The largest absolute Gasteiger partial charge is 0.416 e. The van der Waals surface area contributed by atoms with E-state index in [9.17, 15) is 18.0 Å². The third-order valence-electron chi connectivity index (χ3n) is 4.47. The highest BCUT2D eigenvalue weighted by Gasteiger charge is 2.31. The number of hydrogen-bond acceptors (Lipinski definition) is 3. The lowest BCUT2D eigenvalue weighted by molar-refractivity contribution is -0.137. The van der Waals surface area contributed by atoms with Gasteiger partial charge in [-0.2, -0.15) is 13.2 Å². The van der Waals surface area contributed by atoms with Crippen molar-refractivity contribution in [2.24, 2.45) is 0 Å². The molecular formula is C21H25F3N2O2. The maximum Gasteiger partial charge on any atom is 0.416 e. The first kappa shape index (κ1) is 21.9. The van der Waals surface area contributed by atoms with Crippen molar-refractivity contribution in [2.75, 3.05) is 34.9 Å². The van der Waals surface area contributed by atoms with Crippen LogP contribution in [0.1, 0.15) is 33.1 Å². The summed E-state index contributed by atoms with van der Waals surface area (Å²) in [7, 11) is 6.71. The Labute approximate surface area is 163 Å². The van der Waals surface area contributed by atoms with Gasteiger partial charge in [0.1, 0.15) is 0 Å². The van der Waals surface area contributed by atoms with Crippen LogP contribution in [0.25, 0.3) is 0 Å². The van der Waals surface area contributed by atoms with Gasteiger partial charge < -0.3 is 9.64 Å². The maximum absolute atomic E-state index is 13.1. The van der Waals surface area contributed by atoms with E-state index < -0.39 is 11.7 Å². The molecule has 0 aliphatic rings. The highest BCUT2D eigenvalue weighted by molar-refractivity contribution is 5.94. The molecule has 0 N–H and O–H groups in total. The lowest BCUT2D eigenvalue weighted by atomic mass is 10.0. The molecule has 0 saturated carbocycles. The summed E-state index contributed by atoms with van der Waals surface area (Å²) in [6.45, 7) is 0.701. The minimum Gasteiger partial charge on any atom is -0.383 e. The topological polar surface area (TPSA) is 32.8 Å². The van der Waals surface area contributed by atoms with E-state index in [2.05, 4.69) is 0 Å². The molecule has 0 bridgehead atoms. The van der Waals surface area contributed by atoms with E-state index in [1.165, 1.54) is 18.1 Å². The zero-order chi connectivity index (χ0) is 20.9. The zero-order valence-corrected chi connectivity index (χ0v) is 16.5. The third kappa shape index (κ3) is 5.56. The molecule has 1 atom stereocenters. The Morgan fingerprint density at radius 1 is 1.07 bits per heavy atom. The van der Waals surface area contributed by atoms with Crippen molar-refractivity contribution >= 4 is 5.91 Å². The van der Waals surface area contributed by atoms with E-state index in [-0.39, 0.29) is 18.6 Å². The standard InChI is InChI=1S/C21H25F3N2O2/c1-25(2)20(27)17-9-5-7-15(11-17)13-26(3)19(14-28-4)16-8-6-10-18(12-16)21(22,23)24/h5-12,19H,13-14H2,1-4H3. The molecule has 2 rings (SSSR count). The number of carbonyl (C=O) groups excluding carboxylic acids is 1. The van der Waals surface area contributed by atoms with Crippen LogP contribution in [0.5, 0.6) is 0 Å². The van der Waals surface area contributed by atoms with E-state index in [1.54, 1.807) is 38.4 Å². The summed E-state index contributed by atoms with van der Waals surface area (Å²) < 4.78 is 44.5. The number of likely N-dealkylation sites (N-methyl/N-ethyl adjacent to an activating group) is 1. The molecule has 0 aromatic heterocycles. The predicted octanol–water partition coefficient (Wildman–Crippen LogP) is 4.23. The van der Waals surface area contributed by atoms with Crippen LogP contribution in [0.4, 0.5) is 13.2 Å². The molecule has 0 heterocycles. The molecule has 0 fully saturated rings. The van der Waals surface area contributed by atoms with Gasteiger partial charge in [-0.05, 0) is 42.4 Å². The third-order valence-corrected chi connectivity index (χ3v) is 4.47. The SMILES string of the molecule is COCC(c1cccc(C(F)(F)F)c1)N(C)Cc1cccc(C(=O)N(C)C)c1. The van der Waals surface area contributed by atoms with E-state index in [0.29, 0.717) is 17.7 Å². The Hall–Kier alpha value is -2.38. The predicted molar refractivity (Wildman–Crippen MR) is 102 cm³/mol. The normalized spacial score (nSPS) is 12.9. The second kappa shape index (κ2) is 9.21. The van der Waals surface area contributed by atoms with Crippen molar-refractivity contribution in [3.8, 4) is 0 Å². The monoisotopic (exact) mass is 394 g/mol. The van der Waals surface area contributed by atoms with Crippen LogP contribution >= 0.6 is 0 Å². The summed E-state index contributed by atoms with van der Waals surface area (Å²) in [6, 6.07) is 12.2. The van der Waals surface area contributed by atoms with Crippen molar-refractivity contribution in [3.05, 3.63) is 70.8 Å². The summed E-state index contributed by atoms with van der Waals surface area (Å²) in [4.78, 5) is 15.6. The number of ether oxygens (including phenoxy) is 1. The second-order valence-corrected chi connectivity index (χ2v) is 6.91. The van der Waals surface area contributed by atoms with Gasteiger partial charge >= 0.3 is 6.18 Å². The quantitative estimate of drug-likeness (QED) is 0.705. The maximum atomic E-state index is 13.1. The van der Waals surface area contributed by atoms with Gasteiger partial charge in [-0.1, -0.05) is 24.3 Å². The fourth-order valence-electron chi connectivity index (χ4n) is 3.02. The first-order valence-corrected chi connectivity index (χ1v) is 8.80. The number of hydrogen-bond donors (Lipinski definition) is 0. The molecule has 152 valence electrons. The fraction of sp³-hybridized carbons (Fsp3) is 0.381. The van der Waals surface area contributed by atoms with Gasteiger partial charge in [-0.25, -0.2) is 0 Å². The number of amides is 1. The Morgan fingerprint density at radius 2 is 1.75 bits per heavy atom. The number of benzene rings is 2. The first-order valence-electron chi connectivity index (χ1n) is 8.80. The molecule has 1 amide bonds. The molecular weight excluding hydrogens is 369 g/mol. The van der Waals surface area contributed by atoms with Crippen LogP contribution in [-0.4, -0.2) is 50.6 Å². The number of rotatable bonds is 7. The lowest BCUT2D eigenvalue weighted by Gasteiger charge is -2.28. The Morgan fingerprint density at radius 3 is 2.36 bits per heavy atom. The summed E-state index contributed by atoms with van der Waals surface area (Å²) >= 11 is 0. The minimum atomic E-state index is -4.40. The Bertz CT molecular complexity index is 806. The number of nitrogens with zero attached hydrogens (tertiary/aromatic N) is 2. The Kier molecular flexibility index (Phi) is 7.21. The van der Waals surface area contributed by atoms with Gasteiger partial charge in [-0.15, -0.1) is 0 Å². The van der Waals surface area contributed by atoms with Gasteiger partial charge in [0.15, 0.2) is 0 Å². The number of alkyl halides is 3. The van der Waals surface area contributed by atoms with Crippen molar-refractivity contribution in [1.82, 2.24) is 9.80 Å². The molecule has 7 heteroatoms. The number of carbonyl (C=O) groups is 1. The van der Waals surface area contributed by atoms with Gasteiger partial charge in [0.2, 0.25) is 0 Å². The molecule has 2 aromatic carbocycles. The molecule has 2 aromatic rings. The number of halogens is 3. The van der Waals surface area contributed by atoms with Crippen LogP contribution in [-0.2, 0) is 17.5 Å². The van der Waals surface area contributed by atoms with Crippen molar-refractivity contribution in [2.45, 2.75) is 18.8 Å². The molecule has 0 aliphatic carbocycles. The smallest absolute Gasteiger partial charge is 0.383 e. The van der Waals surface area contributed by atoms with E-state index >= 15 is 0 Å². The van der Waals surface area contributed by atoms with Gasteiger partial charge in [-0.3, -0.25) is 9.69 Å². The zero-order valence-electron chi connectivity index (χ0n) is 16.5. The molecule has 1 unspecified atom stereocenters. The lowest BCUT2D eigenvalue weighted by Crippen LogP contribution is -2.28. The van der Waals surface area contributed by atoms with Crippen LogP contribution in [0.15, 0.2) is 48.5 Å². The van der Waals surface area contributed by atoms with E-state index in [0.717, 1.165) is 17.7 Å². The summed E-state index contributed by atoms with van der Waals surface area (Å²) in [5.74, 6) is -0.101. The fourth-order valence-corrected chi connectivity index (χ4v) is 3.02. The van der Waals surface area contributed by atoms with E-state index in [1.807, 2.05) is 18.0 Å². The second-order valence-electron chi connectivity index (χ2n) is 6.91. The number of methoxy groups -OCH3 is 1. The highest BCUT2D eigenvalue weighted by atomic mass is 19.4. The molecule has 0 radical (unpaired) electrons. The highest BCUT2D eigenvalue weighted by Crippen LogP contribution is 2.32. The summed E-state index contributed by atoms with van der Waals surface area (Å²) in [6.07, 6.45) is -4.40. The van der Waals surface area contributed by atoms with Crippen molar-refractivity contribution in [3.63, 3.8) is 0 Å². The van der Waals surface area contributed by atoms with Crippen LogP contribution < -0.4 is 0 Å². The Balaban J connectivity index is 2.26.